The molecule has 4 heteroatoms. The molecule has 1 amide bonds. The SMILES string of the molecule is COc1ccc(Br)cc1CC1CCCCNC1=O. The van der Waals surface area contributed by atoms with Crippen LogP contribution in [0.15, 0.2) is 22.7 Å². The van der Waals surface area contributed by atoms with Gasteiger partial charge in [0.2, 0.25) is 5.91 Å². The van der Waals surface area contributed by atoms with Crippen LogP contribution in [0, 0.1) is 5.92 Å². The zero-order chi connectivity index (χ0) is 13.0. The van der Waals surface area contributed by atoms with Gasteiger partial charge in [-0.3, -0.25) is 4.79 Å². The molecule has 1 aliphatic rings. The van der Waals surface area contributed by atoms with Crippen LogP contribution in [0.4, 0.5) is 0 Å². The van der Waals surface area contributed by atoms with Crippen LogP contribution in [0.25, 0.3) is 0 Å². The maximum absolute atomic E-state index is 11.9. The van der Waals surface area contributed by atoms with Crippen LogP contribution in [0.3, 0.4) is 0 Å². The van der Waals surface area contributed by atoms with Gasteiger partial charge >= 0.3 is 0 Å². The van der Waals surface area contributed by atoms with E-state index in [1.165, 1.54) is 0 Å². The fraction of sp³-hybridized carbons (Fsp3) is 0.500. The Labute approximate surface area is 116 Å². The van der Waals surface area contributed by atoms with E-state index >= 15 is 0 Å². The van der Waals surface area contributed by atoms with Crippen molar-refractivity contribution in [3.63, 3.8) is 0 Å². The van der Waals surface area contributed by atoms with Gasteiger partial charge in [-0.2, -0.15) is 0 Å². The van der Waals surface area contributed by atoms with E-state index in [0.29, 0.717) is 0 Å². The highest BCUT2D eigenvalue weighted by atomic mass is 79.9. The summed E-state index contributed by atoms with van der Waals surface area (Å²) in [5.74, 6) is 1.10. The second kappa shape index (κ2) is 6.23. The maximum Gasteiger partial charge on any atom is 0.223 e. The van der Waals surface area contributed by atoms with Crippen molar-refractivity contribution < 1.29 is 9.53 Å². The third-order valence-electron chi connectivity index (χ3n) is 3.36. The Kier molecular flexibility index (Phi) is 4.64. The Morgan fingerprint density at radius 3 is 3.06 bits per heavy atom. The highest BCUT2D eigenvalue weighted by Crippen LogP contribution is 2.27. The predicted octanol–water partition coefficient (Wildman–Crippen LogP) is 2.92. The highest BCUT2D eigenvalue weighted by molar-refractivity contribution is 9.10. The number of rotatable bonds is 3. The van der Waals surface area contributed by atoms with Gasteiger partial charge < -0.3 is 10.1 Å². The minimum Gasteiger partial charge on any atom is -0.496 e. The molecule has 2 rings (SSSR count). The molecule has 1 heterocycles. The molecular formula is C14H18BrNO2. The van der Waals surface area contributed by atoms with Crippen molar-refractivity contribution in [1.29, 1.82) is 0 Å². The summed E-state index contributed by atoms with van der Waals surface area (Å²) in [6.07, 6.45) is 3.90. The van der Waals surface area contributed by atoms with E-state index in [1.807, 2.05) is 18.2 Å². The Morgan fingerprint density at radius 1 is 1.44 bits per heavy atom. The average molecular weight is 312 g/mol. The number of ether oxygens (including phenoxy) is 1. The molecule has 98 valence electrons. The predicted molar refractivity (Wildman–Crippen MR) is 74.7 cm³/mol. The average Bonchev–Trinajstić information content (AvgIpc) is 2.55. The number of nitrogens with one attached hydrogen (secondary N) is 1. The first kappa shape index (κ1) is 13.4. The van der Waals surface area contributed by atoms with Crippen molar-refractivity contribution in [3.05, 3.63) is 28.2 Å². The molecule has 0 spiro atoms. The standard InChI is InChI=1S/C14H18BrNO2/c1-18-13-6-5-12(15)9-11(13)8-10-4-2-3-7-16-14(10)17/h5-6,9-10H,2-4,7-8H2,1H3,(H,16,17). The van der Waals surface area contributed by atoms with Gasteiger partial charge in [0.05, 0.1) is 7.11 Å². The number of halogens is 1. The zero-order valence-electron chi connectivity index (χ0n) is 10.5. The van der Waals surface area contributed by atoms with Crippen molar-refractivity contribution in [2.45, 2.75) is 25.7 Å². The summed E-state index contributed by atoms with van der Waals surface area (Å²) in [7, 11) is 1.67. The van der Waals surface area contributed by atoms with E-state index in [4.69, 9.17) is 4.74 Å². The van der Waals surface area contributed by atoms with Gasteiger partial charge in [-0.25, -0.2) is 0 Å². The molecule has 0 aliphatic carbocycles. The number of carbonyl (C=O) groups excluding carboxylic acids is 1. The lowest BCUT2D eigenvalue weighted by Crippen LogP contribution is -2.30. The monoisotopic (exact) mass is 311 g/mol. The Hall–Kier alpha value is -1.03. The molecule has 1 fully saturated rings. The normalized spacial score (nSPS) is 20.1. The van der Waals surface area contributed by atoms with Gasteiger partial charge in [0.15, 0.2) is 0 Å². The lowest BCUT2D eigenvalue weighted by Gasteiger charge is -2.15. The molecule has 18 heavy (non-hydrogen) atoms. The van der Waals surface area contributed by atoms with E-state index in [9.17, 15) is 4.79 Å². The van der Waals surface area contributed by atoms with Gasteiger partial charge in [-0.15, -0.1) is 0 Å². The summed E-state index contributed by atoms with van der Waals surface area (Å²) in [4.78, 5) is 11.9. The topological polar surface area (TPSA) is 38.3 Å². The van der Waals surface area contributed by atoms with E-state index < -0.39 is 0 Å². The quantitative estimate of drug-likeness (QED) is 0.932. The minimum atomic E-state index is 0.0655. The van der Waals surface area contributed by atoms with Crippen LogP contribution in [0.5, 0.6) is 5.75 Å². The number of carbonyl (C=O) groups is 1. The fourth-order valence-corrected chi connectivity index (χ4v) is 2.78. The number of methoxy groups -OCH3 is 1. The van der Waals surface area contributed by atoms with Crippen molar-refractivity contribution >= 4 is 21.8 Å². The number of hydrogen-bond acceptors (Lipinski definition) is 2. The molecule has 1 unspecified atom stereocenters. The van der Waals surface area contributed by atoms with Crippen molar-refractivity contribution in [3.8, 4) is 5.75 Å². The molecule has 1 atom stereocenters. The Bertz CT molecular complexity index is 434. The molecule has 1 saturated heterocycles. The molecule has 1 aromatic rings. The van der Waals surface area contributed by atoms with Crippen molar-refractivity contribution in [2.75, 3.05) is 13.7 Å². The molecule has 0 bridgehead atoms. The van der Waals surface area contributed by atoms with Gasteiger partial charge in [-0.05, 0) is 43.0 Å². The van der Waals surface area contributed by atoms with Crippen LogP contribution in [-0.4, -0.2) is 19.6 Å². The van der Waals surface area contributed by atoms with Crippen molar-refractivity contribution in [2.24, 2.45) is 5.92 Å². The van der Waals surface area contributed by atoms with Crippen molar-refractivity contribution in [1.82, 2.24) is 5.32 Å². The number of benzene rings is 1. The molecule has 0 aromatic heterocycles. The number of hydrogen-bond donors (Lipinski definition) is 1. The molecule has 1 aromatic carbocycles. The van der Waals surface area contributed by atoms with Crippen LogP contribution >= 0.6 is 15.9 Å². The summed E-state index contributed by atoms with van der Waals surface area (Å²) in [6.45, 7) is 0.810. The van der Waals surface area contributed by atoms with Crippen LogP contribution in [-0.2, 0) is 11.2 Å². The summed E-state index contributed by atoms with van der Waals surface area (Å²) >= 11 is 3.46. The lowest BCUT2D eigenvalue weighted by atomic mass is 9.94. The third kappa shape index (κ3) is 3.25. The van der Waals surface area contributed by atoms with Gasteiger partial charge in [0.25, 0.3) is 0 Å². The van der Waals surface area contributed by atoms with Crippen LogP contribution in [0.2, 0.25) is 0 Å². The second-order valence-electron chi connectivity index (χ2n) is 4.64. The molecular weight excluding hydrogens is 294 g/mol. The van der Waals surface area contributed by atoms with E-state index in [-0.39, 0.29) is 11.8 Å². The fourth-order valence-electron chi connectivity index (χ4n) is 2.37. The summed E-state index contributed by atoms with van der Waals surface area (Å²) in [5.41, 5.74) is 1.09. The Balaban J connectivity index is 2.16. The second-order valence-corrected chi connectivity index (χ2v) is 5.56. The van der Waals surface area contributed by atoms with E-state index in [0.717, 1.165) is 48.0 Å². The first-order valence-corrected chi connectivity index (χ1v) is 7.10. The Morgan fingerprint density at radius 2 is 2.28 bits per heavy atom. The molecule has 1 N–H and O–H groups in total. The summed E-state index contributed by atoms with van der Waals surface area (Å²) < 4.78 is 6.38. The summed E-state index contributed by atoms with van der Waals surface area (Å²) in [5, 5.41) is 2.98. The lowest BCUT2D eigenvalue weighted by molar-refractivity contribution is -0.124. The zero-order valence-corrected chi connectivity index (χ0v) is 12.1. The van der Waals surface area contributed by atoms with E-state index in [2.05, 4.69) is 21.2 Å². The number of amides is 1. The van der Waals surface area contributed by atoms with Crippen LogP contribution < -0.4 is 10.1 Å². The maximum atomic E-state index is 11.9. The molecule has 1 aliphatic heterocycles. The van der Waals surface area contributed by atoms with Gasteiger partial charge in [0.1, 0.15) is 5.75 Å². The molecule has 3 nitrogen and oxygen atoms in total. The van der Waals surface area contributed by atoms with E-state index in [1.54, 1.807) is 7.11 Å². The minimum absolute atomic E-state index is 0.0655. The first-order valence-electron chi connectivity index (χ1n) is 6.31. The summed E-state index contributed by atoms with van der Waals surface area (Å²) in [6, 6.07) is 5.93. The first-order chi connectivity index (χ1) is 8.70. The molecule has 0 saturated carbocycles. The largest absolute Gasteiger partial charge is 0.496 e. The smallest absolute Gasteiger partial charge is 0.223 e. The third-order valence-corrected chi connectivity index (χ3v) is 3.85. The highest BCUT2D eigenvalue weighted by Gasteiger charge is 2.22. The van der Waals surface area contributed by atoms with Crippen LogP contribution in [0.1, 0.15) is 24.8 Å². The molecule has 0 radical (unpaired) electrons. The van der Waals surface area contributed by atoms with Gasteiger partial charge in [-0.1, -0.05) is 22.4 Å². The van der Waals surface area contributed by atoms with Gasteiger partial charge in [0, 0.05) is 16.9 Å².